The van der Waals surface area contributed by atoms with Crippen molar-refractivity contribution in [2.45, 2.75) is 26.4 Å². The highest BCUT2D eigenvalue weighted by Gasteiger charge is 2.15. The van der Waals surface area contributed by atoms with Crippen molar-refractivity contribution in [3.05, 3.63) is 77.9 Å². The van der Waals surface area contributed by atoms with Crippen LogP contribution in [0.25, 0.3) is 0 Å². The summed E-state index contributed by atoms with van der Waals surface area (Å²) in [4.78, 5) is 6.87. The lowest BCUT2D eigenvalue weighted by atomic mass is 9.95. The van der Waals surface area contributed by atoms with E-state index in [1.54, 1.807) is 4.68 Å². The van der Waals surface area contributed by atoms with Gasteiger partial charge in [0.25, 0.3) is 0 Å². The molecule has 5 heteroatoms. The lowest BCUT2D eigenvalue weighted by Crippen LogP contribution is -2.27. The van der Waals surface area contributed by atoms with Crippen LogP contribution in [0.2, 0.25) is 0 Å². The van der Waals surface area contributed by atoms with Gasteiger partial charge in [-0.25, -0.2) is 0 Å². The van der Waals surface area contributed by atoms with Crippen LogP contribution >= 0.6 is 0 Å². The first-order chi connectivity index (χ1) is 12.2. The molecular weight excluding hydrogens is 310 g/mol. The third-order valence-corrected chi connectivity index (χ3v) is 4.34. The second-order valence-electron chi connectivity index (χ2n) is 6.54. The van der Waals surface area contributed by atoms with E-state index in [4.69, 9.17) is 0 Å². The summed E-state index contributed by atoms with van der Waals surface area (Å²) in [6, 6.07) is 6.06. The summed E-state index contributed by atoms with van der Waals surface area (Å²) >= 11 is 0. The van der Waals surface area contributed by atoms with Crippen LogP contribution in [0.3, 0.4) is 0 Å². The van der Waals surface area contributed by atoms with Gasteiger partial charge in [-0.1, -0.05) is 54.2 Å². The van der Waals surface area contributed by atoms with E-state index < -0.39 is 0 Å². The van der Waals surface area contributed by atoms with Gasteiger partial charge in [-0.05, 0) is 24.5 Å². The molecule has 5 nitrogen and oxygen atoms in total. The quantitative estimate of drug-likeness (QED) is 0.813. The molecule has 0 N–H and O–H groups in total. The molecule has 0 radical (unpaired) electrons. The molecule has 2 aromatic heterocycles. The van der Waals surface area contributed by atoms with Crippen molar-refractivity contribution in [1.29, 1.82) is 0 Å². The normalized spacial score (nSPS) is 17.4. The fourth-order valence-corrected chi connectivity index (χ4v) is 2.97. The van der Waals surface area contributed by atoms with Crippen LogP contribution in [0.1, 0.15) is 24.7 Å². The Kier molecular flexibility index (Phi) is 5.90. The summed E-state index contributed by atoms with van der Waals surface area (Å²) in [6.45, 7) is 4.73. The van der Waals surface area contributed by atoms with Gasteiger partial charge in [0, 0.05) is 39.1 Å². The monoisotopic (exact) mass is 335 g/mol. The summed E-state index contributed by atoms with van der Waals surface area (Å²) in [6.07, 6.45) is 15.7. The largest absolute Gasteiger partial charge is 0.288 e. The molecule has 0 fully saturated rings. The number of aromatic nitrogens is 4. The minimum Gasteiger partial charge on any atom is -0.288 e. The summed E-state index contributed by atoms with van der Waals surface area (Å²) in [7, 11) is 1.90. The van der Waals surface area contributed by atoms with E-state index in [0.717, 1.165) is 37.4 Å². The van der Waals surface area contributed by atoms with Crippen molar-refractivity contribution in [2.75, 3.05) is 6.54 Å². The van der Waals surface area contributed by atoms with Gasteiger partial charge >= 0.3 is 0 Å². The van der Waals surface area contributed by atoms with Crippen LogP contribution in [-0.2, 0) is 20.1 Å². The summed E-state index contributed by atoms with van der Waals surface area (Å²) in [5.74, 6) is 0.522. The molecule has 2 aromatic rings. The van der Waals surface area contributed by atoms with Gasteiger partial charge in [0.05, 0.1) is 11.4 Å². The Morgan fingerprint density at radius 1 is 1.12 bits per heavy atom. The molecule has 0 aliphatic heterocycles. The van der Waals surface area contributed by atoms with Crippen molar-refractivity contribution in [3.8, 4) is 0 Å². The molecule has 0 bridgehead atoms. The SMILES string of the molecule is CC1CC=CC=CC=C1CN(Cc1ccccn1)Cc1cn(C)nn1. The zero-order valence-corrected chi connectivity index (χ0v) is 14.9. The average Bonchev–Trinajstić information content (AvgIpc) is 3.00. The smallest absolute Gasteiger partial charge is 0.0967 e. The van der Waals surface area contributed by atoms with E-state index in [0.29, 0.717) is 5.92 Å². The average molecular weight is 335 g/mol. The van der Waals surface area contributed by atoms with Gasteiger partial charge in [0.2, 0.25) is 0 Å². The van der Waals surface area contributed by atoms with E-state index in [2.05, 4.69) is 63.6 Å². The molecule has 0 saturated carbocycles. The second-order valence-corrected chi connectivity index (χ2v) is 6.54. The Morgan fingerprint density at radius 3 is 2.76 bits per heavy atom. The number of allylic oxidation sites excluding steroid dienone is 5. The van der Waals surface area contributed by atoms with E-state index in [9.17, 15) is 0 Å². The number of hydrogen-bond acceptors (Lipinski definition) is 4. The van der Waals surface area contributed by atoms with Crippen molar-refractivity contribution in [1.82, 2.24) is 24.9 Å². The molecule has 3 rings (SSSR count). The molecule has 0 amide bonds. The Balaban J connectivity index is 1.77. The number of nitrogens with zero attached hydrogens (tertiary/aromatic N) is 5. The predicted molar refractivity (Wildman–Crippen MR) is 99.5 cm³/mol. The van der Waals surface area contributed by atoms with Crippen molar-refractivity contribution in [3.63, 3.8) is 0 Å². The fourth-order valence-electron chi connectivity index (χ4n) is 2.97. The molecule has 0 aromatic carbocycles. The second kappa shape index (κ2) is 8.53. The molecule has 1 aliphatic carbocycles. The minimum absolute atomic E-state index is 0.522. The van der Waals surface area contributed by atoms with Gasteiger partial charge in [0.1, 0.15) is 0 Å². The molecule has 0 spiro atoms. The Morgan fingerprint density at radius 2 is 2.00 bits per heavy atom. The highest BCUT2D eigenvalue weighted by Crippen LogP contribution is 2.20. The summed E-state index contributed by atoms with van der Waals surface area (Å²) in [5.41, 5.74) is 3.48. The molecule has 25 heavy (non-hydrogen) atoms. The fraction of sp³-hybridized carbons (Fsp3) is 0.350. The van der Waals surface area contributed by atoms with Crippen LogP contribution in [-0.4, -0.2) is 31.4 Å². The molecule has 1 atom stereocenters. The third kappa shape index (κ3) is 5.22. The highest BCUT2D eigenvalue weighted by atomic mass is 15.4. The van der Waals surface area contributed by atoms with Crippen LogP contribution < -0.4 is 0 Å². The highest BCUT2D eigenvalue weighted by molar-refractivity contribution is 5.23. The maximum absolute atomic E-state index is 4.48. The predicted octanol–water partition coefficient (Wildman–Crippen LogP) is 3.29. The minimum atomic E-state index is 0.522. The molecule has 1 aliphatic rings. The Labute approximate surface area is 149 Å². The lowest BCUT2D eigenvalue weighted by Gasteiger charge is -2.25. The van der Waals surface area contributed by atoms with Crippen LogP contribution in [0.5, 0.6) is 0 Å². The first-order valence-corrected chi connectivity index (χ1v) is 8.70. The van der Waals surface area contributed by atoms with Crippen molar-refractivity contribution < 1.29 is 0 Å². The van der Waals surface area contributed by atoms with Gasteiger partial charge in [-0.15, -0.1) is 5.10 Å². The first kappa shape index (κ1) is 17.3. The van der Waals surface area contributed by atoms with E-state index >= 15 is 0 Å². The number of aryl methyl sites for hydroxylation is 1. The van der Waals surface area contributed by atoms with E-state index in [-0.39, 0.29) is 0 Å². The van der Waals surface area contributed by atoms with Crippen LogP contribution in [0.15, 0.2) is 66.5 Å². The summed E-state index contributed by atoms with van der Waals surface area (Å²) in [5, 5.41) is 8.30. The lowest BCUT2D eigenvalue weighted by molar-refractivity contribution is 0.265. The van der Waals surface area contributed by atoms with Gasteiger partial charge < -0.3 is 0 Å². The molecule has 1 unspecified atom stereocenters. The van der Waals surface area contributed by atoms with Gasteiger partial charge in [0.15, 0.2) is 0 Å². The summed E-state index contributed by atoms with van der Waals surface area (Å²) < 4.78 is 1.75. The third-order valence-electron chi connectivity index (χ3n) is 4.34. The maximum atomic E-state index is 4.48. The molecule has 0 saturated heterocycles. The zero-order valence-electron chi connectivity index (χ0n) is 14.9. The molecular formula is C20H25N5. The van der Waals surface area contributed by atoms with E-state index in [1.165, 1.54) is 5.57 Å². The Hall–Kier alpha value is -2.53. The number of rotatable bonds is 6. The van der Waals surface area contributed by atoms with Gasteiger partial charge in [-0.2, -0.15) is 0 Å². The van der Waals surface area contributed by atoms with Crippen LogP contribution in [0.4, 0.5) is 0 Å². The van der Waals surface area contributed by atoms with Crippen molar-refractivity contribution >= 4 is 0 Å². The van der Waals surface area contributed by atoms with Crippen LogP contribution in [0, 0.1) is 5.92 Å². The van der Waals surface area contributed by atoms with Gasteiger partial charge in [-0.3, -0.25) is 14.6 Å². The number of pyridine rings is 1. The first-order valence-electron chi connectivity index (χ1n) is 8.70. The molecule has 130 valence electrons. The topological polar surface area (TPSA) is 46.8 Å². The molecule has 2 heterocycles. The Bertz CT molecular complexity index is 757. The van der Waals surface area contributed by atoms with E-state index in [1.807, 2.05) is 31.6 Å². The maximum Gasteiger partial charge on any atom is 0.0967 e. The standard InChI is InChI=1S/C20H25N5/c1-17-9-5-3-4-6-10-18(17)13-25(15-19-11-7-8-12-21-19)16-20-14-24(2)23-22-20/h3-8,10-12,14,17H,9,13,15-16H2,1-2H3. The van der Waals surface area contributed by atoms with Crippen molar-refractivity contribution in [2.24, 2.45) is 13.0 Å². The zero-order chi connectivity index (χ0) is 17.5. The number of hydrogen-bond donors (Lipinski definition) is 0.